The quantitative estimate of drug-likeness (QED) is 0.875. The fourth-order valence-corrected chi connectivity index (χ4v) is 2.68. The summed E-state index contributed by atoms with van der Waals surface area (Å²) in [6, 6.07) is 5.81. The van der Waals surface area contributed by atoms with E-state index in [9.17, 15) is 5.11 Å². The summed E-state index contributed by atoms with van der Waals surface area (Å²) >= 11 is 0. The van der Waals surface area contributed by atoms with Crippen LogP contribution in [-0.2, 0) is 0 Å². The SMILES string of the molecule is COc1cc(C)ccc1OCC(O)CN1CCC(C)CC1. The number of nitrogens with zero attached hydrogens (tertiary/aromatic N) is 1. The smallest absolute Gasteiger partial charge is 0.161 e. The Balaban J connectivity index is 1.79. The number of aliphatic hydroxyl groups is 1. The lowest BCUT2D eigenvalue weighted by Gasteiger charge is -2.31. The standard InChI is InChI=1S/C17H27NO3/c1-13-6-8-18(9-7-13)11-15(19)12-21-16-5-4-14(2)10-17(16)20-3/h4-5,10,13,15,19H,6-9,11-12H2,1-3H3. The molecule has 2 rings (SSSR count). The van der Waals surface area contributed by atoms with Crippen LogP contribution in [0.5, 0.6) is 11.5 Å². The van der Waals surface area contributed by atoms with Gasteiger partial charge in [0.05, 0.1) is 7.11 Å². The summed E-state index contributed by atoms with van der Waals surface area (Å²) < 4.78 is 11.0. The molecule has 0 radical (unpaired) electrons. The van der Waals surface area contributed by atoms with Gasteiger partial charge >= 0.3 is 0 Å². The first-order chi connectivity index (χ1) is 10.1. The average molecular weight is 293 g/mol. The van der Waals surface area contributed by atoms with Crippen LogP contribution in [0.1, 0.15) is 25.3 Å². The molecule has 0 aromatic heterocycles. The van der Waals surface area contributed by atoms with Crippen molar-refractivity contribution in [3.63, 3.8) is 0 Å². The van der Waals surface area contributed by atoms with E-state index in [1.165, 1.54) is 12.8 Å². The van der Waals surface area contributed by atoms with Gasteiger partial charge in [0.2, 0.25) is 0 Å². The van der Waals surface area contributed by atoms with Crippen LogP contribution in [0.2, 0.25) is 0 Å². The molecule has 0 saturated carbocycles. The monoisotopic (exact) mass is 293 g/mol. The lowest BCUT2D eigenvalue weighted by atomic mass is 9.99. The number of likely N-dealkylation sites (tertiary alicyclic amines) is 1. The number of methoxy groups -OCH3 is 1. The molecule has 1 fully saturated rings. The first kappa shape index (κ1) is 16.1. The first-order valence-electron chi connectivity index (χ1n) is 7.76. The Morgan fingerprint density at radius 2 is 2.00 bits per heavy atom. The molecule has 1 unspecified atom stereocenters. The van der Waals surface area contributed by atoms with Gasteiger partial charge in [0, 0.05) is 6.54 Å². The second-order valence-corrected chi connectivity index (χ2v) is 6.10. The minimum Gasteiger partial charge on any atom is -0.493 e. The zero-order valence-corrected chi connectivity index (χ0v) is 13.3. The van der Waals surface area contributed by atoms with Crippen molar-refractivity contribution in [1.82, 2.24) is 4.90 Å². The van der Waals surface area contributed by atoms with Crippen LogP contribution in [0.3, 0.4) is 0 Å². The highest BCUT2D eigenvalue weighted by molar-refractivity contribution is 5.42. The van der Waals surface area contributed by atoms with Gasteiger partial charge in [-0.2, -0.15) is 0 Å². The molecule has 4 heteroatoms. The molecule has 1 aromatic carbocycles. The Morgan fingerprint density at radius 3 is 2.67 bits per heavy atom. The van der Waals surface area contributed by atoms with Crippen molar-refractivity contribution in [1.29, 1.82) is 0 Å². The maximum atomic E-state index is 10.1. The Hall–Kier alpha value is -1.26. The molecule has 0 spiro atoms. The average Bonchev–Trinajstić information content (AvgIpc) is 2.48. The molecule has 1 aromatic rings. The van der Waals surface area contributed by atoms with E-state index in [0.29, 0.717) is 24.7 Å². The second-order valence-electron chi connectivity index (χ2n) is 6.10. The molecule has 0 aliphatic carbocycles. The van der Waals surface area contributed by atoms with Crippen LogP contribution >= 0.6 is 0 Å². The number of aryl methyl sites for hydroxylation is 1. The Bertz CT molecular complexity index is 442. The molecule has 1 atom stereocenters. The topological polar surface area (TPSA) is 41.9 Å². The second kappa shape index (κ2) is 7.66. The zero-order valence-electron chi connectivity index (χ0n) is 13.3. The van der Waals surface area contributed by atoms with E-state index in [2.05, 4.69) is 11.8 Å². The molecule has 0 amide bonds. The first-order valence-corrected chi connectivity index (χ1v) is 7.76. The Labute approximate surface area is 127 Å². The fourth-order valence-electron chi connectivity index (χ4n) is 2.68. The third-order valence-electron chi connectivity index (χ3n) is 4.10. The third-order valence-corrected chi connectivity index (χ3v) is 4.10. The minimum atomic E-state index is -0.468. The van der Waals surface area contributed by atoms with E-state index in [4.69, 9.17) is 9.47 Å². The molecule has 1 heterocycles. The van der Waals surface area contributed by atoms with Gasteiger partial charge in [-0.25, -0.2) is 0 Å². The summed E-state index contributed by atoms with van der Waals surface area (Å²) in [5.74, 6) is 2.22. The van der Waals surface area contributed by atoms with Crippen LogP contribution in [-0.4, -0.2) is 49.5 Å². The molecular formula is C17H27NO3. The number of β-amino-alcohol motifs (C(OH)–C–C–N with tert-alkyl or cyclic N) is 1. The number of piperidine rings is 1. The number of rotatable bonds is 6. The van der Waals surface area contributed by atoms with Gasteiger partial charge in [-0.3, -0.25) is 0 Å². The van der Waals surface area contributed by atoms with Gasteiger partial charge in [-0.05, 0) is 56.5 Å². The largest absolute Gasteiger partial charge is 0.493 e. The number of aliphatic hydroxyl groups excluding tert-OH is 1. The van der Waals surface area contributed by atoms with Crippen molar-refractivity contribution < 1.29 is 14.6 Å². The third kappa shape index (κ3) is 4.90. The Kier molecular flexibility index (Phi) is 5.88. The predicted molar refractivity (Wildman–Crippen MR) is 84.1 cm³/mol. The van der Waals surface area contributed by atoms with Gasteiger partial charge in [-0.1, -0.05) is 13.0 Å². The van der Waals surface area contributed by atoms with Gasteiger partial charge in [0.1, 0.15) is 12.7 Å². The van der Waals surface area contributed by atoms with Crippen LogP contribution in [0.15, 0.2) is 18.2 Å². The maximum Gasteiger partial charge on any atom is 0.161 e. The number of hydrogen-bond acceptors (Lipinski definition) is 4. The van der Waals surface area contributed by atoms with E-state index in [-0.39, 0.29) is 0 Å². The molecule has 118 valence electrons. The predicted octanol–water partition coefficient (Wildman–Crippen LogP) is 2.48. The molecule has 1 saturated heterocycles. The van der Waals surface area contributed by atoms with E-state index < -0.39 is 6.10 Å². The number of ether oxygens (including phenoxy) is 2. The summed E-state index contributed by atoms with van der Waals surface area (Å²) in [6.07, 6.45) is 1.98. The molecule has 21 heavy (non-hydrogen) atoms. The van der Waals surface area contributed by atoms with Crippen molar-refractivity contribution >= 4 is 0 Å². The summed E-state index contributed by atoms with van der Waals surface area (Å²) in [6.45, 7) is 7.43. The van der Waals surface area contributed by atoms with Gasteiger partial charge < -0.3 is 19.5 Å². The van der Waals surface area contributed by atoms with Crippen LogP contribution in [0, 0.1) is 12.8 Å². The van der Waals surface area contributed by atoms with Gasteiger partial charge in [0.15, 0.2) is 11.5 Å². The lowest BCUT2D eigenvalue weighted by Crippen LogP contribution is -2.40. The van der Waals surface area contributed by atoms with E-state index >= 15 is 0 Å². The Morgan fingerprint density at radius 1 is 1.29 bits per heavy atom. The lowest BCUT2D eigenvalue weighted by molar-refractivity contribution is 0.0555. The molecule has 1 N–H and O–H groups in total. The zero-order chi connectivity index (χ0) is 15.2. The molecule has 4 nitrogen and oxygen atoms in total. The highest BCUT2D eigenvalue weighted by Gasteiger charge is 2.18. The van der Waals surface area contributed by atoms with Crippen molar-refractivity contribution in [2.24, 2.45) is 5.92 Å². The van der Waals surface area contributed by atoms with Crippen LogP contribution in [0.25, 0.3) is 0 Å². The van der Waals surface area contributed by atoms with Crippen LogP contribution < -0.4 is 9.47 Å². The number of benzene rings is 1. The van der Waals surface area contributed by atoms with E-state index in [1.54, 1.807) is 7.11 Å². The molecule has 1 aliphatic rings. The summed E-state index contributed by atoms with van der Waals surface area (Å²) in [5, 5.41) is 10.1. The summed E-state index contributed by atoms with van der Waals surface area (Å²) in [4.78, 5) is 2.32. The fraction of sp³-hybridized carbons (Fsp3) is 0.647. The van der Waals surface area contributed by atoms with Crippen molar-refractivity contribution in [3.8, 4) is 11.5 Å². The molecule has 0 bridgehead atoms. The van der Waals surface area contributed by atoms with Crippen molar-refractivity contribution in [3.05, 3.63) is 23.8 Å². The van der Waals surface area contributed by atoms with Gasteiger partial charge in [0.25, 0.3) is 0 Å². The highest BCUT2D eigenvalue weighted by atomic mass is 16.5. The normalized spacial score (nSPS) is 18.5. The highest BCUT2D eigenvalue weighted by Crippen LogP contribution is 2.27. The van der Waals surface area contributed by atoms with Gasteiger partial charge in [-0.15, -0.1) is 0 Å². The minimum absolute atomic E-state index is 0.297. The maximum absolute atomic E-state index is 10.1. The number of hydrogen-bond donors (Lipinski definition) is 1. The molecule has 1 aliphatic heterocycles. The van der Waals surface area contributed by atoms with E-state index in [1.807, 2.05) is 25.1 Å². The van der Waals surface area contributed by atoms with E-state index in [0.717, 1.165) is 24.6 Å². The van der Waals surface area contributed by atoms with Crippen LogP contribution in [0.4, 0.5) is 0 Å². The summed E-state index contributed by atoms with van der Waals surface area (Å²) in [7, 11) is 1.63. The summed E-state index contributed by atoms with van der Waals surface area (Å²) in [5.41, 5.74) is 1.13. The van der Waals surface area contributed by atoms with Crippen molar-refractivity contribution in [2.75, 3.05) is 33.4 Å². The molecular weight excluding hydrogens is 266 g/mol. The van der Waals surface area contributed by atoms with Crippen molar-refractivity contribution in [2.45, 2.75) is 32.8 Å².